The molecule has 0 saturated carbocycles. The minimum atomic E-state index is -0.278. The maximum atomic E-state index is 8.72. The number of nitrogens with two attached hydrogens (primary N) is 1. The molecule has 0 aliphatic carbocycles. The molecule has 0 aliphatic heterocycles. The van der Waals surface area contributed by atoms with Crippen LogP contribution in [0.4, 0.5) is 0 Å². The van der Waals surface area contributed by atoms with Gasteiger partial charge in [0.25, 0.3) is 0 Å². The molecular formula is C14H31N3O. The van der Waals surface area contributed by atoms with E-state index in [-0.39, 0.29) is 16.8 Å². The molecular weight excluding hydrogens is 226 g/mol. The molecule has 0 aliphatic rings. The lowest BCUT2D eigenvalue weighted by atomic mass is 9.81. The molecule has 0 amide bonds. The fourth-order valence-corrected chi connectivity index (χ4v) is 2.37. The summed E-state index contributed by atoms with van der Waals surface area (Å²) >= 11 is 0. The minimum Gasteiger partial charge on any atom is -0.409 e. The van der Waals surface area contributed by atoms with Gasteiger partial charge in [-0.15, -0.1) is 0 Å². The Morgan fingerprint density at radius 3 is 2.00 bits per heavy atom. The summed E-state index contributed by atoms with van der Waals surface area (Å²) in [6.07, 6.45) is 1.94. The summed E-state index contributed by atoms with van der Waals surface area (Å²) in [7, 11) is 0. The van der Waals surface area contributed by atoms with E-state index in [4.69, 9.17) is 10.9 Å². The molecule has 0 heterocycles. The van der Waals surface area contributed by atoms with E-state index >= 15 is 0 Å². The van der Waals surface area contributed by atoms with Crippen LogP contribution < -0.4 is 11.1 Å². The zero-order valence-corrected chi connectivity index (χ0v) is 13.1. The van der Waals surface area contributed by atoms with Crippen LogP contribution in [0.1, 0.15) is 61.3 Å². The molecule has 0 fully saturated rings. The third kappa shape index (κ3) is 6.84. The van der Waals surface area contributed by atoms with Crippen LogP contribution in [0.25, 0.3) is 0 Å². The Morgan fingerprint density at radius 2 is 1.61 bits per heavy atom. The largest absolute Gasteiger partial charge is 0.409 e. The summed E-state index contributed by atoms with van der Waals surface area (Å²) < 4.78 is 0. The summed E-state index contributed by atoms with van der Waals surface area (Å²) in [5.74, 6) is 0.290. The van der Waals surface area contributed by atoms with Crippen molar-refractivity contribution in [1.29, 1.82) is 0 Å². The van der Waals surface area contributed by atoms with Crippen molar-refractivity contribution in [3.63, 3.8) is 0 Å². The van der Waals surface area contributed by atoms with Crippen molar-refractivity contribution in [1.82, 2.24) is 5.32 Å². The van der Waals surface area contributed by atoms with Crippen LogP contribution in [0.2, 0.25) is 0 Å². The molecule has 0 aromatic heterocycles. The monoisotopic (exact) mass is 257 g/mol. The van der Waals surface area contributed by atoms with Crippen LogP contribution in [0.5, 0.6) is 0 Å². The van der Waals surface area contributed by atoms with E-state index in [0.717, 1.165) is 19.4 Å². The highest BCUT2D eigenvalue weighted by Crippen LogP contribution is 2.27. The van der Waals surface area contributed by atoms with Crippen molar-refractivity contribution in [2.75, 3.05) is 6.54 Å². The average molecular weight is 257 g/mol. The molecule has 4 nitrogen and oxygen atoms in total. The number of oxime groups is 1. The lowest BCUT2D eigenvalue weighted by Crippen LogP contribution is -2.44. The van der Waals surface area contributed by atoms with Crippen LogP contribution >= 0.6 is 0 Å². The topological polar surface area (TPSA) is 70.6 Å². The highest BCUT2D eigenvalue weighted by molar-refractivity contribution is 5.85. The number of rotatable bonds is 6. The predicted octanol–water partition coefficient (Wildman–Crippen LogP) is 2.95. The highest BCUT2D eigenvalue weighted by atomic mass is 16.4. The number of nitrogens with one attached hydrogen (secondary N) is 1. The molecule has 0 atom stereocenters. The van der Waals surface area contributed by atoms with Crippen molar-refractivity contribution in [2.45, 2.75) is 66.8 Å². The number of amidine groups is 1. The third-order valence-electron chi connectivity index (χ3n) is 3.13. The summed E-state index contributed by atoms with van der Waals surface area (Å²) in [6, 6.07) is 0. The molecule has 0 aromatic carbocycles. The van der Waals surface area contributed by atoms with Gasteiger partial charge < -0.3 is 16.3 Å². The van der Waals surface area contributed by atoms with Gasteiger partial charge in [-0.3, -0.25) is 0 Å². The normalized spacial score (nSPS) is 14.9. The maximum Gasteiger partial charge on any atom is 0.144 e. The van der Waals surface area contributed by atoms with Gasteiger partial charge in [-0.2, -0.15) is 0 Å². The Balaban J connectivity index is 4.27. The van der Waals surface area contributed by atoms with E-state index in [2.05, 4.69) is 45.1 Å². The van der Waals surface area contributed by atoms with Crippen molar-refractivity contribution in [2.24, 2.45) is 21.7 Å². The average Bonchev–Trinajstić information content (AvgIpc) is 2.11. The fourth-order valence-electron chi connectivity index (χ4n) is 2.37. The minimum absolute atomic E-state index is 0.0967. The lowest BCUT2D eigenvalue weighted by molar-refractivity contribution is 0.235. The zero-order valence-electron chi connectivity index (χ0n) is 13.1. The van der Waals surface area contributed by atoms with Crippen molar-refractivity contribution in [3.8, 4) is 0 Å². The van der Waals surface area contributed by atoms with Crippen LogP contribution in [0.3, 0.4) is 0 Å². The second kappa shape index (κ2) is 5.91. The quantitative estimate of drug-likeness (QED) is 0.296. The summed E-state index contributed by atoms with van der Waals surface area (Å²) in [5.41, 5.74) is 5.80. The molecule has 0 radical (unpaired) electrons. The van der Waals surface area contributed by atoms with Crippen LogP contribution in [-0.4, -0.2) is 23.1 Å². The highest BCUT2D eigenvalue weighted by Gasteiger charge is 2.27. The van der Waals surface area contributed by atoms with E-state index in [1.807, 2.05) is 13.8 Å². The SMILES string of the molecule is CC(C)(C)CC(C)(C)NCCC(C)(C)C(N)=NO. The van der Waals surface area contributed by atoms with E-state index in [1.54, 1.807) is 0 Å². The number of nitrogens with zero attached hydrogens (tertiary/aromatic N) is 1. The lowest BCUT2D eigenvalue weighted by Gasteiger charge is -2.34. The third-order valence-corrected chi connectivity index (χ3v) is 3.13. The molecule has 4 heteroatoms. The summed E-state index contributed by atoms with van der Waals surface area (Å²) in [6.45, 7) is 16.0. The smallest absolute Gasteiger partial charge is 0.144 e. The molecule has 0 spiro atoms. The Kier molecular flexibility index (Phi) is 5.66. The van der Waals surface area contributed by atoms with Crippen LogP contribution in [0, 0.1) is 10.8 Å². The Labute approximate surface area is 112 Å². The van der Waals surface area contributed by atoms with Crippen molar-refractivity contribution < 1.29 is 5.21 Å². The second-order valence-corrected chi connectivity index (χ2v) is 7.67. The van der Waals surface area contributed by atoms with E-state index in [9.17, 15) is 0 Å². The van der Waals surface area contributed by atoms with Gasteiger partial charge in [-0.1, -0.05) is 39.8 Å². The van der Waals surface area contributed by atoms with Gasteiger partial charge in [0.2, 0.25) is 0 Å². The van der Waals surface area contributed by atoms with Crippen LogP contribution in [0.15, 0.2) is 5.16 Å². The van der Waals surface area contributed by atoms with Crippen molar-refractivity contribution >= 4 is 5.84 Å². The first-order valence-electron chi connectivity index (χ1n) is 6.63. The Hall–Kier alpha value is -0.770. The Morgan fingerprint density at radius 1 is 1.11 bits per heavy atom. The van der Waals surface area contributed by atoms with Gasteiger partial charge in [-0.05, 0) is 38.6 Å². The molecule has 18 heavy (non-hydrogen) atoms. The van der Waals surface area contributed by atoms with Gasteiger partial charge in [0.15, 0.2) is 0 Å². The maximum absolute atomic E-state index is 8.72. The van der Waals surface area contributed by atoms with Crippen LogP contribution in [-0.2, 0) is 0 Å². The molecule has 4 N–H and O–H groups in total. The van der Waals surface area contributed by atoms with Gasteiger partial charge >= 0.3 is 0 Å². The fraction of sp³-hybridized carbons (Fsp3) is 0.929. The van der Waals surface area contributed by atoms with Gasteiger partial charge in [-0.25, -0.2) is 0 Å². The zero-order chi connectivity index (χ0) is 14.6. The van der Waals surface area contributed by atoms with E-state index < -0.39 is 0 Å². The predicted molar refractivity (Wildman–Crippen MR) is 78.0 cm³/mol. The standard InChI is InChI=1S/C14H31N3O/c1-12(2,3)10-14(6,7)16-9-8-13(4,5)11(15)17-18/h16,18H,8-10H2,1-7H3,(H2,15,17). The number of hydrogen-bond donors (Lipinski definition) is 3. The first-order chi connectivity index (χ1) is 7.90. The summed E-state index contributed by atoms with van der Waals surface area (Å²) in [4.78, 5) is 0. The van der Waals surface area contributed by atoms with E-state index in [0.29, 0.717) is 5.41 Å². The summed E-state index contributed by atoms with van der Waals surface area (Å²) in [5, 5.41) is 15.4. The molecule has 0 rings (SSSR count). The first-order valence-corrected chi connectivity index (χ1v) is 6.63. The van der Waals surface area contributed by atoms with Gasteiger partial charge in [0.1, 0.15) is 5.84 Å². The first kappa shape index (κ1) is 17.2. The molecule has 108 valence electrons. The van der Waals surface area contributed by atoms with Crippen molar-refractivity contribution in [3.05, 3.63) is 0 Å². The Bertz CT molecular complexity index is 288. The molecule has 0 saturated heterocycles. The molecule has 0 unspecified atom stereocenters. The van der Waals surface area contributed by atoms with Gasteiger partial charge in [0, 0.05) is 11.0 Å². The second-order valence-electron chi connectivity index (χ2n) is 7.67. The van der Waals surface area contributed by atoms with E-state index in [1.165, 1.54) is 0 Å². The molecule has 0 bridgehead atoms. The molecule has 0 aromatic rings. The number of hydrogen-bond acceptors (Lipinski definition) is 3. The van der Waals surface area contributed by atoms with Gasteiger partial charge in [0.05, 0.1) is 0 Å².